The van der Waals surface area contributed by atoms with E-state index in [1.165, 1.54) is 50.4 Å². The SMILES string of the molecule is COC(O)c1ccc2c(c1)Sc1cc(C(F)(F)F)cc(NC3CCN(CCC4CC45CN5)CC3)c1N2. The zero-order chi connectivity index (χ0) is 25.1. The maximum absolute atomic E-state index is 13.8. The number of nitrogens with zero attached hydrogens (tertiary/aromatic N) is 1. The standard InChI is InChI=1S/C26H31F3N4O2S/c1-35-24(34)15-2-3-19-21(10-15)36-22-12-17(26(27,28)29)11-20(23(22)32-19)31-18-5-8-33(9-6-18)7-4-16-13-25(16)14-30-25/h2-3,10-12,16,18,24,30-32,34H,4-9,13-14H2,1H3. The van der Waals surface area contributed by atoms with Gasteiger partial charge in [-0.25, -0.2) is 0 Å². The predicted molar refractivity (Wildman–Crippen MR) is 134 cm³/mol. The van der Waals surface area contributed by atoms with Gasteiger partial charge in [-0.2, -0.15) is 13.2 Å². The third kappa shape index (κ3) is 4.81. The van der Waals surface area contributed by atoms with E-state index < -0.39 is 18.0 Å². The van der Waals surface area contributed by atoms with Crippen LogP contribution < -0.4 is 16.0 Å². The molecule has 0 amide bonds. The molecule has 3 heterocycles. The smallest absolute Gasteiger partial charge is 0.380 e. The number of piperidine rings is 1. The molecule has 0 radical (unpaired) electrons. The van der Waals surface area contributed by atoms with Gasteiger partial charge < -0.3 is 30.7 Å². The summed E-state index contributed by atoms with van der Waals surface area (Å²) in [6.45, 7) is 4.20. The fourth-order valence-corrected chi connectivity index (χ4v) is 6.65. The molecule has 4 N–H and O–H groups in total. The van der Waals surface area contributed by atoms with Crippen molar-refractivity contribution in [1.82, 2.24) is 10.2 Å². The summed E-state index contributed by atoms with van der Waals surface area (Å²) in [6.07, 6.45) is -1.18. The number of halogens is 3. The van der Waals surface area contributed by atoms with Crippen molar-refractivity contribution in [2.24, 2.45) is 5.92 Å². The average Bonchev–Trinajstić information content (AvgIpc) is 3.79. The predicted octanol–water partition coefficient (Wildman–Crippen LogP) is 5.18. The van der Waals surface area contributed by atoms with Crippen molar-refractivity contribution in [2.75, 3.05) is 43.9 Å². The molecule has 3 atom stereocenters. The number of hydrogen-bond acceptors (Lipinski definition) is 7. The molecule has 4 aliphatic rings. The Morgan fingerprint density at radius 2 is 2.00 bits per heavy atom. The third-order valence-electron chi connectivity index (χ3n) is 8.03. The highest BCUT2D eigenvalue weighted by Crippen LogP contribution is 2.53. The van der Waals surface area contributed by atoms with Gasteiger partial charge in [0.15, 0.2) is 6.29 Å². The lowest BCUT2D eigenvalue weighted by molar-refractivity contribution is -0.137. The zero-order valence-electron chi connectivity index (χ0n) is 20.1. The number of likely N-dealkylation sites (tertiary alicyclic amines) is 1. The van der Waals surface area contributed by atoms with Crippen LogP contribution in [0.1, 0.15) is 43.1 Å². The number of rotatable bonds is 7. The van der Waals surface area contributed by atoms with E-state index in [-0.39, 0.29) is 6.04 Å². The Morgan fingerprint density at radius 1 is 1.22 bits per heavy atom. The molecule has 2 aromatic rings. The van der Waals surface area contributed by atoms with E-state index in [4.69, 9.17) is 4.74 Å². The van der Waals surface area contributed by atoms with Crippen molar-refractivity contribution in [3.05, 3.63) is 41.5 Å². The van der Waals surface area contributed by atoms with E-state index in [0.29, 0.717) is 27.4 Å². The lowest BCUT2D eigenvalue weighted by Gasteiger charge is -2.34. The molecular weight excluding hydrogens is 489 g/mol. The topological polar surface area (TPSA) is 78.7 Å². The molecule has 3 unspecified atom stereocenters. The fraction of sp³-hybridized carbons (Fsp3) is 0.538. The third-order valence-corrected chi connectivity index (χ3v) is 9.13. The van der Waals surface area contributed by atoms with Gasteiger partial charge in [0.2, 0.25) is 0 Å². The van der Waals surface area contributed by atoms with Gasteiger partial charge in [0.1, 0.15) is 0 Å². The van der Waals surface area contributed by atoms with Crippen molar-refractivity contribution in [2.45, 2.75) is 59.5 Å². The second-order valence-corrected chi connectivity index (χ2v) is 11.5. The lowest BCUT2D eigenvalue weighted by atomic mass is 10.0. The summed E-state index contributed by atoms with van der Waals surface area (Å²) in [5.74, 6) is 0.824. The molecule has 6 nitrogen and oxygen atoms in total. The van der Waals surface area contributed by atoms with Crippen molar-refractivity contribution in [1.29, 1.82) is 0 Å². The summed E-state index contributed by atoms with van der Waals surface area (Å²) in [7, 11) is 1.40. The van der Waals surface area contributed by atoms with Gasteiger partial charge in [0, 0.05) is 53.7 Å². The van der Waals surface area contributed by atoms with E-state index in [9.17, 15) is 18.3 Å². The largest absolute Gasteiger partial charge is 0.416 e. The first-order valence-corrected chi connectivity index (χ1v) is 13.3. The Bertz CT molecular complexity index is 1150. The van der Waals surface area contributed by atoms with E-state index in [0.717, 1.165) is 49.0 Å². The summed E-state index contributed by atoms with van der Waals surface area (Å²) >= 11 is 1.27. The highest BCUT2D eigenvalue weighted by molar-refractivity contribution is 7.99. The van der Waals surface area contributed by atoms with Crippen LogP contribution in [0.4, 0.5) is 30.2 Å². The van der Waals surface area contributed by atoms with Crippen LogP contribution in [0.3, 0.4) is 0 Å². The Labute approximate surface area is 213 Å². The van der Waals surface area contributed by atoms with Gasteiger partial charge in [0.25, 0.3) is 0 Å². The minimum Gasteiger partial charge on any atom is -0.380 e. The van der Waals surface area contributed by atoms with E-state index in [1.54, 1.807) is 12.1 Å². The molecule has 36 heavy (non-hydrogen) atoms. The average molecular weight is 521 g/mol. The summed E-state index contributed by atoms with van der Waals surface area (Å²) in [5, 5.41) is 20.2. The van der Waals surface area contributed by atoms with Crippen LogP contribution in [0.2, 0.25) is 0 Å². The number of aliphatic hydroxyl groups is 1. The van der Waals surface area contributed by atoms with Gasteiger partial charge in [0.05, 0.1) is 22.6 Å². The molecule has 3 fully saturated rings. The molecule has 2 aromatic carbocycles. The number of hydrogen-bond donors (Lipinski definition) is 4. The quantitative estimate of drug-likeness (QED) is 0.253. The first-order chi connectivity index (χ1) is 17.2. The van der Waals surface area contributed by atoms with Crippen LogP contribution in [0.25, 0.3) is 0 Å². The summed E-state index contributed by atoms with van der Waals surface area (Å²) in [6, 6.07) is 7.87. The van der Waals surface area contributed by atoms with Crippen molar-refractivity contribution < 1.29 is 23.0 Å². The number of nitrogens with one attached hydrogen (secondary N) is 3. The van der Waals surface area contributed by atoms with Crippen LogP contribution in [0.5, 0.6) is 0 Å². The molecule has 0 aromatic heterocycles. The number of anilines is 3. The number of methoxy groups -OCH3 is 1. The maximum Gasteiger partial charge on any atom is 0.416 e. The molecule has 1 saturated carbocycles. The van der Waals surface area contributed by atoms with Crippen LogP contribution in [-0.2, 0) is 10.9 Å². The summed E-state index contributed by atoms with van der Waals surface area (Å²) < 4.78 is 46.3. The van der Waals surface area contributed by atoms with E-state index in [2.05, 4.69) is 20.9 Å². The van der Waals surface area contributed by atoms with Crippen LogP contribution >= 0.6 is 11.8 Å². The molecule has 194 valence electrons. The normalized spacial score (nSPS) is 26.2. The molecule has 6 rings (SSSR count). The second-order valence-electron chi connectivity index (χ2n) is 10.4. The second kappa shape index (κ2) is 9.09. The number of aliphatic hydroxyl groups excluding tert-OH is 1. The molecule has 10 heteroatoms. The minimum atomic E-state index is -4.44. The molecule has 3 aliphatic heterocycles. The van der Waals surface area contributed by atoms with Crippen molar-refractivity contribution in [3.8, 4) is 0 Å². The van der Waals surface area contributed by atoms with Gasteiger partial charge in [-0.3, -0.25) is 0 Å². The van der Waals surface area contributed by atoms with Crippen LogP contribution in [0, 0.1) is 5.92 Å². The molecular formula is C26H31F3N4O2S. The van der Waals surface area contributed by atoms with E-state index >= 15 is 0 Å². The van der Waals surface area contributed by atoms with Gasteiger partial charge in [-0.15, -0.1) is 0 Å². The van der Waals surface area contributed by atoms with Crippen LogP contribution in [0.15, 0.2) is 40.1 Å². The first-order valence-electron chi connectivity index (χ1n) is 12.5. The monoisotopic (exact) mass is 520 g/mol. The van der Waals surface area contributed by atoms with Crippen LogP contribution in [-0.4, -0.2) is 54.9 Å². The zero-order valence-corrected chi connectivity index (χ0v) is 20.9. The molecule has 1 aliphatic carbocycles. The van der Waals surface area contributed by atoms with Gasteiger partial charge in [-0.05, 0) is 62.4 Å². The first kappa shape index (κ1) is 24.4. The van der Waals surface area contributed by atoms with Gasteiger partial charge in [-0.1, -0.05) is 17.8 Å². The highest BCUT2D eigenvalue weighted by Gasteiger charge is 2.62. The summed E-state index contributed by atoms with van der Waals surface area (Å²) in [4.78, 5) is 3.74. The van der Waals surface area contributed by atoms with Crippen molar-refractivity contribution in [3.63, 3.8) is 0 Å². The number of fused-ring (bicyclic) bond motifs is 2. The number of benzene rings is 2. The van der Waals surface area contributed by atoms with E-state index in [1.807, 2.05) is 6.07 Å². The van der Waals surface area contributed by atoms with Gasteiger partial charge >= 0.3 is 6.18 Å². The fourth-order valence-electron chi connectivity index (χ4n) is 5.54. The Balaban J connectivity index is 1.17. The Kier molecular flexibility index (Phi) is 6.15. The number of alkyl halides is 3. The Hall–Kier alpha value is -1.98. The molecule has 2 saturated heterocycles. The highest BCUT2D eigenvalue weighted by atomic mass is 32.2. The van der Waals surface area contributed by atoms with Crippen molar-refractivity contribution >= 4 is 28.8 Å². The lowest BCUT2D eigenvalue weighted by Crippen LogP contribution is -2.39. The molecule has 1 spiro atoms. The molecule has 0 bridgehead atoms. The Morgan fingerprint density at radius 3 is 2.67 bits per heavy atom. The maximum atomic E-state index is 13.8. The summed E-state index contributed by atoms with van der Waals surface area (Å²) in [5.41, 5.74) is 2.32. The minimum absolute atomic E-state index is 0.124. The number of ether oxygens (including phenoxy) is 1.